The number of fused-ring (bicyclic) bond motifs is 2. The van der Waals surface area contributed by atoms with Crippen LogP contribution in [0.2, 0.25) is 0 Å². The zero-order valence-corrected chi connectivity index (χ0v) is 11.4. The van der Waals surface area contributed by atoms with Crippen LogP contribution in [-0.4, -0.2) is 23.3 Å². The van der Waals surface area contributed by atoms with Gasteiger partial charge in [0.15, 0.2) is 6.10 Å². The van der Waals surface area contributed by atoms with Gasteiger partial charge in [-0.2, -0.15) is 0 Å². The van der Waals surface area contributed by atoms with Crippen LogP contribution in [0.15, 0.2) is 11.1 Å². The first-order valence-corrected chi connectivity index (χ1v) is 7.04. The fourth-order valence-electron chi connectivity index (χ4n) is 4.28. The van der Waals surface area contributed by atoms with Gasteiger partial charge in [-0.15, -0.1) is 0 Å². The maximum absolute atomic E-state index is 11.7. The first kappa shape index (κ1) is 12.2. The summed E-state index contributed by atoms with van der Waals surface area (Å²) in [5.74, 6) is 0.639. The smallest absolute Gasteiger partial charge is 0.334 e. The molecule has 0 bridgehead atoms. The highest BCUT2D eigenvalue weighted by atomic mass is 16.6. The van der Waals surface area contributed by atoms with Gasteiger partial charge in [0.2, 0.25) is 0 Å². The first-order chi connectivity index (χ1) is 8.45. The van der Waals surface area contributed by atoms with E-state index in [9.17, 15) is 9.90 Å². The molecule has 2 aliphatic carbocycles. The molecule has 3 rings (SSSR count). The lowest BCUT2D eigenvalue weighted by Crippen LogP contribution is -2.53. The molecule has 0 aromatic heterocycles. The second kappa shape index (κ2) is 3.83. The van der Waals surface area contributed by atoms with Gasteiger partial charge >= 0.3 is 5.97 Å². The van der Waals surface area contributed by atoms with Crippen LogP contribution in [-0.2, 0) is 9.53 Å². The van der Waals surface area contributed by atoms with Crippen LogP contribution in [0.3, 0.4) is 0 Å². The molecule has 0 unspecified atom stereocenters. The molecule has 0 spiro atoms. The summed E-state index contributed by atoms with van der Waals surface area (Å²) in [5, 5.41) is 10.6. The molecule has 3 heteroatoms. The number of esters is 1. The van der Waals surface area contributed by atoms with Crippen molar-refractivity contribution in [3.05, 3.63) is 11.1 Å². The van der Waals surface area contributed by atoms with Crippen molar-refractivity contribution >= 4 is 5.97 Å². The molecule has 0 amide bonds. The van der Waals surface area contributed by atoms with Gasteiger partial charge in [0.05, 0.1) is 6.10 Å². The topological polar surface area (TPSA) is 46.5 Å². The average molecular weight is 250 g/mol. The van der Waals surface area contributed by atoms with Gasteiger partial charge in [-0.05, 0) is 42.6 Å². The minimum Gasteiger partial charge on any atom is -0.452 e. The number of hydrogen-bond donors (Lipinski definition) is 1. The lowest BCUT2D eigenvalue weighted by atomic mass is 9.53. The summed E-state index contributed by atoms with van der Waals surface area (Å²) in [4.78, 5) is 11.7. The number of carbonyl (C=O) groups excluding carboxylic acids is 1. The van der Waals surface area contributed by atoms with Crippen LogP contribution in [0.4, 0.5) is 0 Å². The molecule has 3 nitrogen and oxygen atoms in total. The quantitative estimate of drug-likeness (QED) is 0.672. The SMILES string of the molecule is CC1=C2C[C@@]3(C)[C@H](CCC[C@@H]3C)[C@@H](O)[C@H]2OC1=O. The summed E-state index contributed by atoms with van der Waals surface area (Å²) in [6, 6.07) is 0. The van der Waals surface area contributed by atoms with Crippen molar-refractivity contribution in [2.24, 2.45) is 17.3 Å². The molecule has 1 heterocycles. The van der Waals surface area contributed by atoms with E-state index in [0.717, 1.165) is 24.0 Å². The fourth-order valence-corrected chi connectivity index (χ4v) is 4.28. The molecular formula is C15H22O3. The summed E-state index contributed by atoms with van der Waals surface area (Å²) in [6.07, 6.45) is 3.51. The van der Waals surface area contributed by atoms with E-state index in [1.807, 2.05) is 6.92 Å². The molecule has 5 atom stereocenters. The summed E-state index contributed by atoms with van der Waals surface area (Å²) in [5.41, 5.74) is 1.91. The van der Waals surface area contributed by atoms with E-state index < -0.39 is 6.10 Å². The largest absolute Gasteiger partial charge is 0.452 e. The molecular weight excluding hydrogens is 228 g/mol. The highest BCUT2D eigenvalue weighted by molar-refractivity contribution is 5.91. The van der Waals surface area contributed by atoms with Crippen LogP contribution >= 0.6 is 0 Å². The van der Waals surface area contributed by atoms with Crippen molar-refractivity contribution in [3.8, 4) is 0 Å². The minimum atomic E-state index is -0.511. The maximum atomic E-state index is 11.7. The number of aliphatic hydroxyl groups excluding tert-OH is 1. The molecule has 2 saturated carbocycles. The first-order valence-electron chi connectivity index (χ1n) is 7.04. The Morgan fingerprint density at radius 2 is 2.11 bits per heavy atom. The Bertz CT molecular complexity index is 425. The van der Waals surface area contributed by atoms with Crippen molar-refractivity contribution in [1.82, 2.24) is 0 Å². The third-order valence-corrected chi connectivity index (χ3v) is 5.78. The molecule has 0 radical (unpaired) electrons. The molecule has 0 aromatic rings. The van der Waals surface area contributed by atoms with E-state index in [4.69, 9.17) is 4.74 Å². The molecule has 0 saturated heterocycles. The highest BCUT2D eigenvalue weighted by Crippen LogP contribution is 2.56. The van der Waals surface area contributed by atoms with Gasteiger partial charge < -0.3 is 9.84 Å². The molecule has 2 fully saturated rings. The van der Waals surface area contributed by atoms with Gasteiger partial charge in [-0.1, -0.05) is 26.7 Å². The van der Waals surface area contributed by atoms with Crippen LogP contribution in [0.5, 0.6) is 0 Å². The van der Waals surface area contributed by atoms with Crippen LogP contribution in [0, 0.1) is 17.3 Å². The molecule has 1 N–H and O–H groups in total. The summed E-state index contributed by atoms with van der Waals surface area (Å²) >= 11 is 0. The number of hydrogen-bond acceptors (Lipinski definition) is 3. The Balaban J connectivity index is 2.02. The van der Waals surface area contributed by atoms with Crippen LogP contribution < -0.4 is 0 Å². The van der Waals surface area contributed by atoms with Gasteiger partial charge in [0, 0.05) is 5.57 Å². The monoisotopic (exact) mass is 250 g/mol. The normalized spacial score (nSPS) is 47.7. The lowest BCUT2D eigenvalue weighted by Gasteiger charge is -2.53. The Labute approximate surface area is 108 Å². The molecule has 18 heavy (non-hydrogen) atoms. The highest BCUT2D eigenvalue weighted by Gasteiger charge is 2.55. The third-order valence-electron chi connectivity index (χ3n) is 5.78. The van der Waals surface area contributed by atoms with E-state index in [0.29, 0.717) is 5.92 Å². The Morgan fingerprint density at radius 3 is 2.83 bits per heavy atom. The zero-order valence-electron chi connectivity index (χ0n) is 11.4. The van der Waals surface area contributed by atoms with E-state index in [-0.39, 0.29) is 23.4 Å². The van der Waals surface area contributed by atoms with Crippen LogP contribution in [0.1, 0.15) is 46.5 Å². The van der Waals surface area contributed by atoms with Crippen molar-refractivity contribution < 1.29 is 14.6 Å². The number of aliphatic hydroxyl groups is 1. The molecule has 3 aliphatic rings. The Morgan fingerprint density at radius 1 is 1.39 bits per heavy atom. The van der Waals surface area contributed by atoms with E-state index in [2.05, 4.69) is 13.8 Å². The predicted molar refractivity (Wildman–Crippen MR) is 67.8 cm³/mol. The zero-order chi connectivity index (χ0) is 13.1. The Kier molecular flexibility index (Phi) is 2.60. The van der Waals surface area contributed by atoms with E-state index in [1.54, 1.807) is 0 Å². The molecule has 0 aromatic carbocycles. The lowest BCUT2D eigenvalue weighted by molar-refractivity contribution is -0.154. The van der Waals surface area contributed by atoms with Crippen molar-refractivity contribution in [1.29, 1.82) is 0 Å². The van der Waals surface area contributed by atoms with Gasteiger partial charge in [0.25, 0.3) is 0 Å². The van der Waals surface area contributed by atoms with E-state index in [1.165, 1.54) is 12.8 Å². The molecule has 100 valence electrons. The van der Waals surface area contributed by atoms with Crippen molar-refractivity contribution in [2.75, 3.05) is 0 Å². The maximum Gasteiger partial charge on any atom is 0.334 e. The van der Waals surface area contributed by atoms with E-state index >= 15 is 0 Å². The second-order valence-corrected chi connectivity index (χ2v) is 6.59. The second-order valence-electron chi connectivity index (χ2n) is 6.59. The van der Waals surface area contributed by atoms with Crippen LogP contribution in [0.25, 0.3) is 0 Å². The number of ether oxygens (including phenoxy) is 1. The number of carbonyl (C=O) groups is 1. The summed E-state index contributed by atoms with van der Waals surface area (Å²) in [7, 11) is 0. The van der Waals surface area contributed by atoms with Gasteiger partial charge in [-0.25, -0.2) is 4.79 Å². The predicted octanol–water partition coefficient (Wildman–Crippen LogP) is 2.44. The summed E-state index contributed by atoms with van der Waals surface area (Å²) < 4.78 is 5.36. The number of rotatable bonds is 0. The van der Waals surface area contributed by atoms with Gasteiger partial charge in [-0.3, -0.25) is 0 Å². The third kappa shape index (κ3) is 1.43. The van der Waals surface area contributed by atoms with Crippen molar-refractivity contribution in [2.45, 2.75) is 58.7 Å². The minimum absolute atomic E-state index is 0.124. The standard InChI is InChI=1S/C15H22O3/c1-8-5-4-6-11-12(16)13-10(7-15(8,11)3)9(2)14(17)18-13/h8,11-13,16H,4-7H2,1-3H3/t8-,11+,12+,13-,15+/m0/s1. The Hall–Kier alpha value is -0.830. The van der Waals surface area contributed by atoms with Gasteiger partial charge in [0.1, 0.15) is 0 Å². The van der Waals surface area contributed by atoms with Crippen molar-refractivity contribution in [3.63, 3.8) is 0 Å². The average Bonchev–Trinajstić information content (AvgIpc) is 2.60. The molecule has 1 aliphatic heterocycles. The summed E-state index contributed by atoms with van der Waals surface area (Å²) in [6.45, 7) is 6.40. The fraction of sp³-hybridized carbons (Fsp3) is 0.800.